The first kappa shape index (κ1) is 13.6. The van der Waals surface area contributed by atoms with Gasteiger partial charge >= 0.3 is 0 Å². The highest BCUT2D eigenvalue weighted by Crippen LogP contribution is 2.35. The molecule has 0 aromatic carbocycles. The Hall–Kier alpha value is -1.36. The molecule has 2 aliphatic rings. The molecule has 20 heavy (non-hydrogen) atoms. The van der Waals surface area contributed by atoms with Crippen LogP contribution in [0.25, 0.3) is 0 Å². The number of carbonyl (C=O) groups excluding carboxylic acids is 1. The van der Waals surface area contributed by atoms with Crippen molar-refractivity contribution in [1.82, 2.24) is 20.2 Å². The Morgan fingerprint density at radius 3 is 3.00 bits per heavy atom. The van der Waals surface area contributed by atoms with E-state index in [1.807, 2.05) is 0 Å². The van der Waals surface area contributed by atoms with Gasteiger partial charge in [0.25, 0.3) is 0 Å². The second-order valence-electron chi connectivity index (χ2n) is 5.91. The molecular weight excluding hydrogens is 252 g/mol. The monoisotopic (exact) mass is 276 g/mol. The fourth-order valence-corrected chi connectivity index (χ4v) is 3.48. The summed E-state index contributed by atoms with van der Waals surface area (Å²) in [6, 6.07) is 0. The largest absolute Gasteiger partial charge is 0.355 e. The maximum absolute atomic E-state index is 11.1. The number of amides is 1. The summed E-state index contributed by atoms with van der Waals surface area (Å²) in [4.78, 5) is 16.0. The van der Waals surface area contributed by atoms with Gasteiger partial charge in [0.05, 0.1) is 5.69 Å². The SMILES string of the molecule is CC(=O)NCCn1c(C2CCCC2)nc2c1CCNC2. The number of nitrogens with zero attached hydrogens (tertiary/aromatic N) is 2. The summed E-state index contributed by atoms with van der Waals surface area (Å²) in [6.45, 7) is 5.05. The van der Waals surface area contributed by atoms with Gasteiger partial charge in [0.15, 0.2) is 0 Å². The predicted octanol–water partition coefficient (Wildman–Crippen LogP) is 1.32. The number of nitrogens with one attached hydrogen (secondary N) is 2. The summed E-state index contributed by atoms with van der Waals surface area (Å²) in [5.74, 6) is 1.93. The number of hydrogen-bond acceptors (Lipinski definition) is 3. The molecule has 0 spiro atoms. The molecule has 1 fully saturated rings. The summed E-state index contributed by atoms with van der Waals surface area (Å²) >= 11 is 0. The van der Waals surface area contributed by atoms with Gasteiger partial charge in [-0.05, 0) is 12.8 Å². The molecule has 1 aromatic heterocycles. The number of imidazole rings is 1. The predicted molar refractivity (Wildman–Crippen MR) is 77.5 cm³/mol. The molecule has 1 aliphatic carbocycles. The molecule has 2 N–H and O–H groups in total. The van der Waals surface area contributed by atoms with E-state index in [1.165, 1.54) is 42.9 Å². The summed E-state index contributed by atoms with van der Waals surface area (Å²) in [5, 5.41) is 6.31. The highest BCUT2D eigenvalue weighted by atomic mass is 16.1. The minimum atomic E-state index is 0.0445. The van der Waals surface area contributed by atoms with Gasteiger partial charge in [-0.25, -0.2) is 4.98 Å². The van der Waals surface area contributed by atoms with E-state index >= 15 is 0 Å². The zero-order valence-corrected chi connectivity index (χ0v) is 12.2. The van der Waals surface area contributed by atoms with Crippen LogP contribution in [0, 0.1) is 0 Å². The molecule has 2 heterocycles. The van der Waals surface area contributed by atoms with E-state index in [1.54, 1.807) is 6.92 Å². The van der Waals surface area contributed by atoms with Crippen molar-refractivity contribution in [3.8, 4) is 0 Å². The zero-order valence-electron chi connectivity index (χ0n) is 12.2. The molecule has 5 heteroatoms. The molecule has 0 radical (unpaired) electrons. The van der Waals surface area contributed by atoms with Crippen LogP contribution in [0.2, 0.25) is 0 Å². The van der Waals surface area contributed by atoms with Crippen molar-refractivity contribution in [2.45, 2.75) is 58.0 Å². The molecule has 0 unspecified atom stereocenters. The van der Waals surface area contributed by atoms with Gasteiger partial charge in [0.2, 0.25) is 5.91 Å². The van der Waals surface area contributed by atoms with Gasteiger partial charge < -0.3 is 15.2 Å². The Balaban J connectivity index is 1.83. The maximum Gasteiger partial charge on any atom is 0.216 e. The molecule has 0 atom stereocenters. The lowest BCUT2D eigenvalue weighted by molar-refractivity contribution is -0.118. The molecule has 5 nitrogen and oxygen atoms in total. The fourth-order valence-electron chi connectivity index (χ4n) is 3.48. The van der Waals surface area contributed by atoms with Gasteiger partial charge in [-0.3, -0.25) is 4.79 Å². The van der Waals surface area contributed by atoms with E-state index in [0.29, 0.717) is 12.5 Å². The van der Waals surface area contributed by atoms with Crippen LogP contribution in [-0.4, -0.2) is 28.5 Å². The van der Waals surface area contributed by atoms with Crippen LogP contribution in [-0.2, 0) is 24.3 Å². The number of carbonyl (C=O) groups is 1. The number of hydrogen-bond donors (Lipinski definition) is 2. The average Bonchev–Trinajstić information content (AvgIpc) is 3.05. The van der Waals surface area contributed by atoms with Crippen LogP contribution in [0.15, 0.2) is 0 Å². The molecule has 0 bridgehead atoms. The third-order valence-electron chi connectivity index (χ3n) is 4.45. The lowest BCUT2D eigenvalue weighted by atomic mass is 10.1. The lowest BCUT2D eigenvalue weighted by Gasteiger charge is -2.18. The summed E-state index contributed by atoms with van der Waals surface area (Å²) in [6.07, 6.45) is 6.24. The van der Waals surface area contributed by atoms with Crippen molar-refractivity contribution >= 4 is 5.91 Å². The van der Waals surface area contributed by atoms with E-state index in [0.717, 1.165) is 26.1 Å². The van der Waals surface area contributed by atoms with Gasteiger partial charge in [-0.1, -0.05) is 12.8 Å². The van der Waals surface area contributed by atoms with E-state index in [9.17, 15) is 4.79 Å². The molecule has 0 saturated heterocycles. The van der Waals surface area contributed by atoms with Crippen LogP contribution in [0.4, 0.5) is 0 Å². The number of aromatic nitrogens is 2. The molecule has 1 saturated carbocycles. The zero-order chi connectivity index (χ0) is 13.9. The van der Waals surface area contributed by atoms with Gasteiger partial charge in [-0.15, -0.1) is 0 Å². The number of fused-ring (bicyclic) bond motifs is 1. The third-order valence-corrected chi connectivity index (χ3v) is 4.45. The quantitative estimate of drug-likeness (QED) is 0.872. The first-order valence-electron chi connectivity index (χ1n) is 7.79. The maximum atomic E-state index is 11.1. The topological polar surface area (TPSA) is 59.0 Å². The van der Waals surface area contributed by atoms with Crippen molar-refractivity contribution in [3.05, 3.63) is 17.2 Å². The van der Waals surface area contributed by atoms with Crippen LogP contribution in [0.3, 0.4) is 0 Å². The third kappa shape index (κ3) is 2.73. The van der Waals surface area contributed by atoms with Gasteiger partial charge in [-0.2, -0.15) is 0 Å². The number of rotatable bonds is 4. The van der Waals surface area contributed by atoms with Crippen LogP contribution in [0.5, 0.6) is 0 Å². The van der Waals surface area contributed by atoms with Crippen LogP contribution in [0.1, 0.15) is 55.7 Å². The molecule has 3 rings (SSSR count). The summed E-state index contributed by atoms with van der Waals surface area (Å²) in [7, 11) is 0. The minimum absolute atomic E-state index is 0.0445. The van der Waals surface area contributed by atoms with E-state index < -0.39 is 0 Å². The Labute approximate surface area is 120 Å². The standard InChI is InChI=1S/C15H24N4O/c1-11(20)17-8-9-19-14-6-7-16-10-13(14)18-15(19)12-4-2-3-5-12/h12,16H,2-10H2,1H3,(H,17,20). The Morgan fingerprint density at radius 2 is 2.25 bits per heavy atom. The van der Waals surface area contributed by atoms with Crippen molar-refractivity contribution < 1.29 is 4.79 Å². The van der Waals surface area contributed by atoms with Crippen LogP contribution < -0.4 is 10.6 Å². The molecule has 1 aliphatic heterocycles. The summed E-state index contributed by atoms with van der Waals surface area (Å²) < 4.78 is 2.39. The highest BCUT2D eigenvalue weighted by molar-refractivity contribution is 5.72. The first-order valence-corrected chi connectivity index (χ1v) is 7.79. The van der Waals surface area contributed by atoms with Gasteiger partial charge in [0.1, 0.15) is 5.82 Å². The van der Waals surface area contributed by atoms with Crippen molar-refractivity contribution in [2.75, 3.05) is 13.1 Å². The lowest BCUT2D eigenvalue weighted by Crippen LogP contribution is -2.28. The molecular formula is C15H24N4O. The normalized spacial score (nSPS) is 19.1. The molecule has 1 aromatic rings. The minimum Gasteiger partial charge on any atom is -0.355 e. The van der Waals surface area contributed by atoms with Crippen molar-refractivity contribution in [1.29, 1.82) is 0 Å². The van der Waals surface area contributed by atoms with Crippen molar-refractivity contribution in [3.63, 3.8) is 0 Å². The smallest absolute Gasteiger partial charge is 0.216 e. The second kappa shape index (κ2) is 5.95. The van der Waals surface area contributed by atoms with E-state index in [4.69, 9.17) is 4.98 Å². The van der Waals surface area contributed by atoms with Gasteiger partial charge in [0, 0.05) is 51.1 Å². The Bertz CT molecular complexity index is 488. The highest BCUT2D eigenvalue weighted by Gasteiger charge is 2.26. The summed E-state index contributed by atoms with van der Waals surface area (Å²) in [5.41, 5.74) is 2.61. The van der Waals surface area contributed by atoms with Crippen LogP contribution >= 0.6 is 0 Å². The van der Waals surface area contributed by atoms with E-state index in [-0.39, 0.29) is 5.91 Å². The molecule has 110 valence electrons. The van der Waals surface area contributed by atoms with E-state index in [2.05, 4.69) is 15.2 Å². The Kier molecular flexibility index (Phi) is 4.05. The fraction of sp³-hybridized carbons (Fsp3) is 0.733. The average molecular weight is 276 g/mol. The van der Waals surface area contributed by atoms with Crippen molar-refractivity contribution in [2.24, 2.45) is 0 Å². The Morgan fingerprint density at radius 1 is 1.45 bits per heavy atom. The second-order valence-corrected chi connectivity index (χ2v) is 5.91. The molecule has 1 amide bonds. The first-order chi connectivity index (χ1) is 9.75.